The van der Waals surface area contributed by atoms with E-state index >= 15 is 0 Å². The summed E-state index contributed by atoms with van der Waals surface area (Å²) in [7, 11) is 0. The first-order valence-corrected chi connectivity index (χ1v) is 5.84. The van der Waals surface area contributed by atoms with E-state index in [2.05, 4.69) is 25.7 Å². The molecule has 0 spiro atoms. The van der Waals surface area contributed by atoms with Gasteiger partial charge in [-0.1, -0.05) is 20.3 Å². The Morgan fingerprint density at radius 3 is 2.20 bits per heavy atom. The highest BCUT2D eigenvalue weighted by molar-refractivity contribution is 5.74. The summed E-state index contributed by atoms with van der Waals surface area (Å²) in [4.78, 5) is 13.5. The lowest BCUT2D eigenvalue weighted by Crippen LogP contribution is -2.44. The molecule has 0 rings (SSSR count). The van der Waals surface area contributed by atoms with E-state index in [1.54, 1.807) is 0 Å². The fourth-order valence-electron chi connectivity index (χ4n) is 1.91. The summed E-state index contributed by atoms with van der Waals surface area (Å²) in [5.74, 6) is -0.677. The Hall–Kier alpha value is -0.570. The predicted molar refractivity (Wildman–Crippen MR) is 63.0 cm³/mol. The van der Waals surface area contributed by atoms with Crippen LogP contribution >= 0.6 is 0 Å². The quantitative estimate of drug-likeness (QED) is 0.709. The van der Waals surface area contributed by atoms with E-state index in [0.29, 0.717) is 12.6 Å². The maximum atomic E-state index is 11.3. The van der Waals surface area contributed by atoms with E-state index in [-0.39, 0.29) is 0 Å². The van der Waals surface area contributed by atoms with Crippen LogP contribution < -0.4 is 0 Å². The Bertz CT molecular complexity index is 204. The van der Waals surface area contributed by atoms with Crippen molar-refractivity contribution in [3.63, 3.8) is 0 Å². The number of nitrogens with zero attached hydrogens (tertiary/aromatic N) is 1. The molecule has 0 heterocycles. The first-order valence-electron chi connectivity index (χ1n) is 5.84. The third-order valence-corrected chi connectivity index (χ3v) is 3.01. The van der Waals surface area contributed by atoms with Gasteiger partial charge in [0.25, 0.3) is 0 Å². The van der Waals surface area contributed by atoms with E-state index < -0.39 is 11.4 Å². The van der Waals surface area contributed by atoms with Crippen molar-refractivity contribution in [1.29, 1.82) is 0 Å². The van der Waals surface area contributed by atoms with E-state index in [0.717, 1.165) is 19.4 Å². The van der Waals surface area contributed by atoms with E-state index in [1.165, 1.54) is 0 Å². The maximum absolute atomic E-state index is 11.3. The number of carboxylic acid groups (broad SMARTS) is 1. The second-order valence-corrected chi connectivity index (χ2v) is 4.77. The van der Waals surface area contributed by atoms with Crippen molar-refractivity contribution in [2.75, 3.05) is 13.1 Å². The molecule has 0 aliphatic rings. The second-order valence-electron chi connectivity index (χ2n) is 4.77. The van der Waals surface area contributed by atoms with Crippen LogP contribution in [0.1, 0.15) is 47.5 Å². The van der Waals surface area contributed by atoms with Gasteiger partial charge in [0, 0.05) is 12.6 Å². The standard InChI is InChI=1S/C12H25NO2/c1-6-8-12(5,11(14)15)9-13(7-2)10(3)4/h10H,6-9H2,1-5H3,(H,14,15). The number of carbonyl (C=O) groups is 1. The molecule has 0 aliphatic carbocycles. The van der Waals surface area contributed by atoms with Crippen LogP contribution in [0.25, 0.3) is 0 Å². The van der Waals surface area contributed by atoms with Gasteiger partial charge in [0.05, 0.1) is 5.41 Å². The maximum Gasteiger partial charge on any atom is 0.310 e. The normalized spacial score (nSPS) is 15.7. The lowest BCUT2D eigenvalue weighted by Gasteiger charge is -2.34. The molecule has 15 heavy (non-hydrogen) atoms. The minimum absolute atomic E-state index is 0.408. The fraction of sp³-hybridized carbons (Fsp3) is 0.917. The van der Waals surface area contributed by atoms with Gasteiger partial charge < -0.3 is 10.0 Å². The number of rotatable bonds is 7. The van der Waals surface area contributed by atoms with Crippen molar-refractivity contribution in [3.05, 3.63) is 0 Å². The molecule has 0 saturated carbocycles. The molecule has 0 amide bonds. The zero-order chi connectivity index (χ0) is 12.1. The molecule has 1 N–H and O–H groups in total. The van der Waals surface area contributed by atoms with Crippen LogP contribution in [0.5, 0.6) is 0 Å². The molecule has 0 aliphatic heterocycles. The largest absolute Gasteiger partial charge is 0.481 e. The highest BCUT2D eigenvalue weighted by Crippen LogP contribution is 2.25. The Labute approximate surface area is 93.5 Å². The first kappa shape index (κ1) is 14.4. The van der Waals surface area contributed by atoms with Gasteiger partial charge in [0.1, 0.15) is 0 Å². The summed E-state index contributed by atoms with van der Waals surface area (Å²) in [5.41, 5.74) is -0.602. The minimum atomic E-state index is -0.677. The predicted octanol–water partition coefficient (Wildman–Crippen LogP) is 2.61. The number of carboxylic acids is 1. The number of hydrogen-bond acceptors (Lipinski definition) is 2. The van der Waals surface area contributed by atoms with Crippen LogP contribution in [0.4, 0.5) is 0 Å². The Balaban J connectivity index is 4.58. The Morgan fingerprint density at radius 1 is 1.40 bits per heavy atom. The van der Waals surface area contributed by atoms with Gasteiger partial charge in [-0.05, 0) is 33.7 Å². The van der Waals surface area contributed by atoms with Gasteiger partial charge >= 0.3 is 5.97 Å². The third-order valence-electron chi connectivity index (χ3n) is 3.01. The molecule has 3 heteroatoms. The zero-order valence-corrected chi connectivity index (χ0v) is 10.7. The smallest absolute Gasteiger partial charge is 0.310 e. The van der Waals surface area contributed by atoms with Crippen LogP contribution in [-0.2, 0) is 4.79 Å². The van der Waals surface area contributed by atoms with Crippen molar-refractivity contribution in [3.8, 4) is 0 Å². The lowest BCUT2D eigenvalue weighted by molar-refractivity contribution is -0.149. The van der Waals surface area contributed by atoms with Crippen LogP contribution in [0.3, 0.4) is 0 Å². The molecule has 1 unspecified atom stereocenters. The Morgan fingerprint density at radius 2 is 1.93 bits per heavy atom. The van der Waals surface area contributed by atoms with Gasteiger partial charge in [-0.15, -0.1) is 0 Å². The van der Waals surface area contributed by atoms with Gasteiger partial charge in [-0.25, -0.2) is 0 Å². The van der Waals surface area contributed by atoms with Crippen LogP contribution in [-0.4, -0.2) is 35.1 Å². The first-order chi connectivity index (χ1) is 6.87. The van der Waals surface area contributed by atoms with Gasteiger partial charge in [-0.2, -0.15) is 0 Å². The lowest BCUT2D eigenvalue weighted by atomic mass is 9.85. The fourth-order valence-corrected chi connectivity index (χ4v) is 1.91. The summed E-state index contributed by atoms with van der Waals surface area (Å²) in [6.07, 6.45) is 1.66. The van der Waals surface area contributed by atoms with Crippen molar-refractivity contribution >= 4 is 5.97 Å². The average Bonchev–Trinajstić information content (AvgIpc) is 2.14. The SMILES string of the molecule is CCCC(C)(CN(CC)C(C)C)C(=O)O. The van der Waals surface area contributed by atoms with E-state index in [1.807, 2.05) is 13.8 Å². The highest BCUT2D eigenvalue weighted by Gasteiger charge is 2.34. The summed E-state index contributed by atoms with van der Waals surface area (Å²) in [6.45, 7) is 11.7. The molecule has 0 saturated heterocycles. The van der Waals surface area contributed by atoms with Crippen molar-refractivity contribution < 1.29 is 9.90 Å². The summed E-state index contributed by atoms with van der Waals surface area (Å²) in [5, 5.41) is 9.26. The molecule has 90 valence electrons. The van der Waals surface area contributed by atoms with E-state index in [4.69, 9.17) is 0 Å². The van der Waals surface area contributed by atoms with Crippen molar-refractivity contribution in [2.24, 2.45) is 5.41 Å². The number of aliphatic carboxylic acids is 1. The molecular weight excluding hydrogens is 190 g/mol. The van der Waals surface area contributed by atoms with Crippen LogP contribution in [0.2, 0.25) is 0 Å². The molecule has 1 atom stereocenters. The van der Waals surface area contributed by atoms with E-state index in [9.17, 15) is 9.90 Å². The molecule has 3 nitrogen and oxygen atoms in total. The molecule has 0 aromatic carbocycles. The molecule has 0 bridgehead atoms. The molecular formula is C12H25NO2. The van der Waals surface area contributed by atoms with Crippen LogP contribution in [0.15, 0.2) is 0 Å². The molecule has 0 aromatic heterocycles. The summed E-state index contributed by atoms with van der Waals surface area (Å²) >= 11 is 0. The summed E-state index contributed by atoms with van der Waals surface area (Å²) < 4.78 is 0. The van der Waals surface area contributed by atoms with Gasteiger partial charge in [0.15, 0.2) is 0 Å². The highest BCUT2D eigenvalue weighted by atomic mass is 16.4. The van der Waals surface area contributed by atoms with Crippen molar-refractivity contribution in [1.82, 2.24) is 4.90 Å². The minimum Gasteiger partial charge on any atom is -0.481 e. The van der Waals surface area contributed by atoms with Crippen molar-refractivity contribution in [2.45, 2.75) is 53.5 Å². The third kappa shape index (κ3) is 4.20. The molecule has 0 fully saturated rings. The second kappa shape index (κ2) is 6.11. The van der Waals surface area contributed by atoms with Gasteiger partial charge in [-0.3, -0.25) is 4.79 Å². The topological polar surface area (TPSA) is 40.5 Å². The van der Waals surface area contributed by atoms with Crippen LogP contribution in [0, 0.1) is 5.41 Å². The Kier molecular flexibility index (Phi) is 5.88. The zero-order valence-electron chi connectivity index (χ0n) is 10.7. The molecule has 0 aromatic rings. The monoisotopic (exact) mass is 215 g/mol. The summed E-state index contributed by atoms with van der Waals surface area (Å²) in [6, 6.07) is 0.408. The molecule has 0 radical (unpaired) electrons. The number of hydrogen-bond donors (Lipinski definition) is 1. The van der Waals surface area contributed by atoms with Gasteiger partial charge in [0.2, 0.25) is 0 Å². The average molecular weight is 215 g/mol.